The van der Waals surface area contributed by atoms with E-state index in [4.69, 9.17) is 18.9 Å². The van der Waals surface area contributed by atoms with Crippen LogP contribution in [-0.2, 0) is 14.2 Å². The number of nitro benzene ring substituents is 1. The van der Waals surface area contributed by atoms with Gasteiger partial charge in [0.2, 0.25) is 6.29 Å². The molecule has 174 valence electrons. The summed E-state index contributed by atoms with van der Waals surface area (Å²) in [4.78, 5) is 10.2. The molecule has 0 amide bonds. The SMILES string of the molecule is C[C@@H](O)[C@@H]1O[C@@H](O[C@H]2[C@H](Oc3ccc([N+](=O)[O-])cc3)O[C@@H]([C@H](O)CO)[C@@H]2O)[C@H](O)[C@H]1O. The molecule has 6 N–H and O–H groups in total. The van der Waals surface area contributed by atoms with E-state index in [0.29, 0.717) is 0 Å². The molecule has 0 aliphatic carbocycles. The van der Waals surface area contributed by atoms with Gasteiger partial charge in [-0.05, 0) is 19.1 Å². The van der Waals surface area contributed by atoms with Crippen LogP contribution >= 0.6 is 0 Å². The van der Waals surface area contributed by atoms with E-state index < -0.39 is 72.9 Å². The molecule has 0 spiro atoms. The molecular weight excluding hydrogens is 422 g/mol. The first-order chi connectivity index (χ1) is 14.6. The Labute approximate surface area is 176 Å². The fourth-order valence-corrected chi connectivity index (χ4v) is 3.44. The van der Waals surface area contributed by atoms with Crippen molar-refractivity contribution in [2.24, 2.45) is 0 Å². The summed E-state index contributed by atoms with van der Waals surface area (Å²) in [5, 5.41) is 70.3. The minimum absolute atomic E-state index is 0.116. The van der Waals surface area contributed by atoms with Crippen molar-refractivity contribution in [3.8, 4) is 5.75 Å². The third-order valence-corrected chi connectivity index (χ3v) is 5.12. The maximum Gasteiger partial charge on any atom is 0.269 e. The van der Waals surface area contributed by atoms with Gasteiger partial charge in [0.05, 0.1) is 17.6 Å². The van der Waals surface area contributed by atoms with Gasteiger partial charge in [0.15, 0.2) is 12.4 Å². The van der Waals surface area contributed by atoms with E-state index in [1.807, 2.05) is 0 Å². The summed E-state index contributed by atoms with van der Waals surface area (Å²) in [5.41, 5.74) is -0.179. The Kier molecular flexibility index (Phi) is 7.41. The number of hydrogen-bond acceptors (Lipinski definition) is 12. The zero-order valence-electron chi connectivity index (χ0n) is 16.4. The van der Waals surface area contributed by atoms with Gasteiger partial charge in [0, 0.05) is 12.1 Å². The first-order valence-electron chi connectivity index (χ1n) is 9.52. The fraction of sp³-hybridized carbons (Fsp3) is 0.667. The van der Waals surface area contributed by atoms with Gasteiger partial charge in [-0.25, -0.2) is 0 Å². The molecule has 2 saturated heterocycles. The van der Waals surface area contributed by atoms with E-state index >= 15 is 0 Å². The van der Waals surface area contributed by atoms with Crippen molar-refractivity contribution in [1.82, 2.24) is 0 Å². The van der Waals surface area contributed by atoms with Crippen LogP contribution in [0.1, 0.15) is 6.92 Å². The molecule has 13 heteroatoms. The Balaban J connectivity index is 1.78. The third kappa shape index (κ3) is 4.95. The minimum atomic E-state index is -1.56. The van der Waals surface area contributed by atoms with E-state index in [2.05, 4.69) is 0 Å². The smallest absolute Gasteiger partial charge is 0.269 e. The zero-order valence-corrected chi connectivity index (χ0v) is 16.4. The van der Waals surface area contributed by atoms with Crippen LogP contribution in [0.5, 0.6) is 5.75 Å². The predicted molar refractivity (Wildman–Crippen MR) is 98.7 cm³/mol. The lowest BCUT2D eigenvalue weighted by atomic mass is 10.1. The van der Waals surface area contributed by atoms with Crippen molar-refractivity contribution in [3.05, 3.63) is 34.4 Å². The summed E-state index contributed by atoms with van der Waals surface area (Å²) in [5.74, 6) is 0.116. The van der Waals surface area contributed by atoms with Crippen LogP contribution in [0.4, 0.5) is 5.69 Å². The second-order valence-corrected chi connectivity index (χ2v) is 7.37. The number of hydrogen-bond donors (Lipinski definition) is 6. The number of benzene rings is 1. The van der Waals surface area contributed by atoms with Gasteiger partial charge in [-0.15, -0.1) is 0 Å². The number of aliphatic hydroxyl groups excluding tert-OH is 6. The second kappa shape index (κ2) is 9.68. The number of non-ortho nitro benzene ring substituents is 1. The molecule has 0 aromatic heterocycles. The predicted octanol–water partition coefficient (Wildman–Crippen LogP) is -2.37. The van der Waals surface area contributed by atoms with Crippen LogP contribution < -0.4 is 4.74 Å². The largest absolute Gasteiger partial charge is 0.462 e. The highest BCUT2D eigenvalue weighted by Crippen LogP contribution is 2.33. The molecule has 0 unspecified atom stereocenters. The first kappa shape index (κ1) is 23.7. The van der Waals surface area contributed by atoms with Crippen LogP contribution in [0.2, 0.25) is 0 Å². The zero-order chi connectivity index (χ0) is 22.9. The maximum atomic E-state index is 10.8. The summed E-state index contributed by atoms with van der Waals surface area (Å²) in [6, 6.07) is 4.94. The van der Waals surface area contributed by atoms with Crippen LogP contribution in [0.15, 0.2) is 24.3 Å². The molecule has 1 aromatic rings. The highest BCUT2D eigenvalue weighted by atomic mass is 16.8. The third-order valence-electron chi connectivity index (χ3n) is 5.12. The summed E-state index contributed by atoms with van der Waals surface area (Å²) in [7, 11) is 0. The molecule has 0 bridgehead atoms. The number of aliphatic hydroxyl groups is 6. The minimum Gasteiger partial charge on any atom is -0.462 e. The van der Waals surface area contributed by atoms with E-state index in [0.717, 1.165) is 0 Å². The van der Waals surface area contributed by atoms with Gasteiger partial charge in [-0.2, -0.15) is 0 Å². The average Bonchev–Trinajstić information content (AvgIpc) is 3.19. The van der Waals surface area contributed by atoms with E-state index in [-0.39, 0.29) is 11.4 Å². The summed E-state index contributed by atoms with van der Waals surface area (Å²) >= 11 is 0. The molecule has 0 saturated carbocycles. The van der Waals surface area contributed by atoms with Gasteiger partial charge >= 0.3 is 0 Å². The molecule has 2 fully saturated rings. The summed E-state index contributed by atoms with van der Waals surface area (Å²) in [6.07, 6.45) is -13.8. The molecule has 10 atom stereocenters. The molecule has 2 aliphatic rings. The van der Waals surface area contributed by atoms with Gasteiger partial charge in [0.25, 0.3) is 5.69 Å². The molecule has 2 heterocycles. The van der Waals surface area contributed by atoms with Crippen molar-refractivity contribution in [1.29, 1.82) is 0 Å². The van der Waals surface area contributed by atoms with Gasteiger partial charge in [-0.1, -0.05) is 0 Å². The van der Waals surface area contributed by atoms with Crippen LogP contribution in [-0.4, -0.2) is 104 Å². The second-order valence-electron chi connectivity index (χ2n) is 7.37. The highest BCUT2D eigenvalue weighted by molar-refractivity contribution is 5.36. The molecular formula is C18H25NO12. The molecule has 0 radical (unpaired) electrons. The topological polar surface area (TPSA) is 201 Å². The van der Waals surface area contributed by atoms with E-state index in [1.165, 1.54) is 31.2 Å². The van der Waals surface area contributed by atoms with Gasteiger partial charge in [-0.3, -0.25) is 10.1 Å². The first-order valence-corrected chi connectivity index (χ1v) is 9.52. The van der Waals surface area contributed by atoms with E-state index in [1.54, 1.807) is 0 Å². The lowest BCUT2D eigenvalue weighted by Gasteiger charge is -2.26. The summed E-state index contributed by atoms with van der Waals surface area (Å²) in [6.45, 7) is 0.620. The number of ether oxygens (including phenoxy) is 4. The lowest BCUT2D eigenvalue weighted by Crippen LogP contribution is -2.45. The normalized spacial score (nSPS) is 37.5. The molecule has 3 rings (SSSR count). The Morgan fingerprint density at radius 3 is 2.16 bits per heavy atom. The van der Waals surface area contributed by atoms with E-state index in [9.17, 15) is 40.8 Å². The molecule has 13 nitrogen and oxygen atoms in total. The Bertz CT molecular complexity index is 746. The van der Waals surface area contributed by atoms with Crippen LogP contribution in [0.3, 0.4) is 0 Å². The monoisotopic (exact) mass is 447 g/mol. The quantitative estimate of drug-likeness (QED) is 0.183. The van der Waals surface area contributed by atoms with Crippen LogP contribution in [0.25, 0.3) is 0 Å². The van der Waals surface area contributed by atoms with Crippen molar-refractivity contribution in [2.75, 3.05) is 6.61 Å². The van der Waals surface area contributed by atoms with Crippen molar-refractivity contribution in [2.45, 2.75) is 68.3 Å². The Morgan fingerprint density at radius 1 is 1.03 bits per heavy atom. The Hall–Kier alpha value is -1.94. The van der Waals surface area contributed by atoms with Crippen molar-refractivity contribution in [3.63, 3.8) is 0 Å². The standard InChI is InChI=1S/C18H25NO12/c1-7(21)14-11(23)12(24)17(29-14)31-16-13(25)15(10(22)6-20)30-18(16)28-9-4-2-8(3-5-9)19(26)27/h2-5,7,10-18,20-25H,6H2,1H3/t7-,10-,11-,12-,13+,14+,15+,16-,17+,18-/m1/s1. The Morgan fingerprint density at radius 2 is 1.65 bits per heavy atom. The lowest BCUT2D eigenvalue weighted by molar-refractivity contribution is -0.384. The number of nitro groups is 1. The van der Waals surface area contributed by atoms with Gasteiger partial charge in [0.1, 0.15) is 42.4 Å². The number of nitrogens with zero attached hydrogens (tertiary/aromatic N) is 1. The molecule has 1 aromatic carbocycles. The molecule has 31 heavy (non-hydrogen) atoms. The summed E-state index contributed by atoms with van der Waals surface area (Å²) < 4.78 is 22.0. The average molecular weight is 447 g/mol. The van der Waals surface area contributed by atoms with Crippen LogP contribution in [0, 0.1) is 10.1 Å². The highest BCUT2D eigenvalue weighted by Gasteiger charge is 2.53. The molecule has 2 aliphatic heterocycles. The fourth-order valence-electron chi connectivity index (χ4n) is 3.44. The van der Waals surface area contributed by atoms with Crippen molar-refractivity contribution >= 4 is 5.69 Å². The number of rotatable bonds is 8. The maximum absolute atomic E-state index is 10.8. The van der Waals surface area contributed by atoms with Crippen molar-refractivity contribution < 1.29 is 54.5 Å². The van der Waals surface area contributed by atoms with Gasteiger partial charge < -0.3 is 49.6 Å².